The first-order chi connectivity index (χ1) is 6.22. The predicted octanol–water partition coefficient (Wildman–Crippen LogP) is 3.15. The molecule has 0 aromatic heterocycles. The summed E-state index contributed by atoms with van der Waals surface area (Å²) in [6, 6.07) is 0. The Morgan fingerprint density at radius 3 is 2.46 bits per heavy atom. The molecule has 0 aromatic carbocycles. The maximum atomic E-state index is 2.64. The molecule has 1 unspecified atom stereocenters. The molecule has 78 valence electrons. The van der Waals surface area contributed by atoms with E-state index in [0.29, 0.717) is 0 Å². The van der Waals surface area contributed by atoms with E-state index in [4.69, 9.17) is 0 Å². The molecular weight excluding hydrogens is 158 g/mol. The van der Waals surface area contributed by atoms with Crippen molar-refractivity contribution in [3.63, 3.8) is 0 Å². The maximum Gasteiger partial charge on any atom is -0.00162 e. The van der Waals surface area contributed by atoms with E-state index in [1.807, 2.05) is 0 Å². The highest BCUT2D eigenvalue weighted by Gasteiger charge is 2.15. The van der Waals surface area contributed by atoms with Crippen molar-refractivity contribution in [2.75, 3.05) is 19.6 Å². The topological polar surface area (TPSA) is 3.24 Å². The molecule has 0 spiro atoms. The van der Waals surface area contributed by atoms with Gasteiger partial charge in [-0.1, -0.05) is 27.2 Å². The molecular formula is C12H25N. The van der Waals surface area contributed by atoms with Gasteiger partial charge in [0.05, 0.1) is 0 Å². The van der Waals surface area contributed by atoms with Crippen LogP contribution in [0.1, 0.15) is 46.5 Å². The summed E-state index contributed by atoms with van der Waals surface area (Å²) in [5, 5.41) is 0. The van der Waals surface area contributed by atoms with E-state index in [-0.39, 0.29) is 0 Å². The standard InChI is InChI=1S/C12H25N/c1-4-11(2)5-8-13-9-6-12(3)7-10-13/h11-12H,4-10H2,1-3H3. The third-order valence-electron chi connectivity index (χ3n) is 3.51. The van der Waals surface area contributed by atoms with Gasteiger partial charge in [0.15, 0.2) is 0 Å². The summed E-state index contributed by atoms with van der Waals surface area (Å²) >= 11 is 0. The van der Waals surface area contributed by atoms with Gasteiger partial charge >= 0.3 is 0 Å². The summed E-state index contributed by atoms with van der Waals surface area (Å²) in [7, 11) is 0. The fourth-order valence-corrected chi connectivity index (χ4v) is 1.89. The predicted molar refractivity (Wildman–Crippen MR) is 58.9 cm³/mol. The van der Waals surface area contributed by atoms with Crippen LogP contribution in [0.2, 0.25) is 0 Å². The molecule has 1 aliphatic heterocycles. The third kappa shape index (κ3) is 4.12. The third-order valence-corrected chi connectivity index (χ3v) is 3.51. The van der Waals surface area contributed by atoms with E-state index >= 15 is 0 Å². The van der Waals surface area contributed by atoms with Crippen molar-refractivity contribution < 1.29 is 0 Å². The lowest BCUT2D eigenvalue weighted by atomic mass is 9.98. The molecule has 1 aliphatic rings. The van der Waals surface area contributed by atoms with Crippen molar-refractivity contribution >= 4 is 0 Å². The Hall–Kier alpha value is -0.0400. The number of nitrogens with zero attached hydrogens (tertiary/aromatic N) is 1. The molecule has 1 heteroatoms. The Balaban J connectivity index is 2.08. The maximum absolute atomic E-state index is 2.64. The molecule has 1 heterocycles. The minimum absolute atomic E-state index is 0.916. The van der Waals surface area contributed by atoms with Crippen LogP contribution >= 0.6 is 0 Å². The van der Waals surface area contributed by atoms with Gasteiger partial charge in [0.2, 0.25) is 0 Å². The highest BCUT2D eigenvalue weighted by atomic mass is 15.1. The van der Waals surface area contributed by atoms with E-state index < -0.39 is 0 Å². The molecule has 1 nitrogen and oxygen atoms in total. The zero-order valence-corrected chi connectivity index (χ0v) is 9.55. The van der Waals surface area contributed by atoms with Gasteiger partial charge in [-0.15, -0.1) is 0 Å². The minimum atomic E-state index is 0.916. The van der Waals surface area contributed by atoms with Crippen LogP contribution in [0, 0.1) is 11.8 Å². The fourth-order valence-electron chi connectivity index (χ4n) is 1.89. The molecule has 0 amide bonds. The van der Waals surface area contributed by atoms with Crippen LogP contribution in [0.4, 0.5) is 0 Å². The first-order valence-corrected chi connectivity index (χ1v) is 5.94. The first kappa shape index (κ1) is 11.0. The normalized spacial score (nSPS) is 23.3. The van der Waals surface area contributed by atoms with Crippen LogP contribution in [-0.2, 0) is 0 Å². The second-order valence-corrected chi connectivity index (χ2v) is 4.83. The van der Waals surface area contributed by atoms with Gasteiger partial charge < -0.3 is 4.90 Å². The van der Waals surface area contributed by atoms with Gasteiger partial charge in [0, 0.05) is 0 Å². The lowest BCUT2D eigenvalue weighted by molar-refractivity contribution is 0.182. The monoisotopic (exact) mass is 183 g/mol. The van der Waals surface area contributed by atoms with Crippen molar-refractivity contribution in [2.24, 2.45) is 11.8 Å². The van der Waals surface area contributed by atoms with Crippen molar-refractivity contribution in [3.8, 4) is 0 Å². The molecule has 1 atom stereocenters. The summed E-state index contributed by atoms with van der Waals surface area (Å²) in [4.78, 5) is 2.64. The average molecular weight is 183 g/mol. The molecule has 0 radical (unpaired) electrons. The Morgan fingerprint density at radius 1 is 1.31 bits per heavy atom. The number of hydrogen-bond acceptors (Lipinski definition) is 1. The van der Waals surface area contributed by atoms with Crippen LogP contribution in [0.3, 0.4) is 0 Å². The highest BCUT2D eigenvalue weighted by Crippen LogP contribution is 2.17. The summed E-state index contributed by atoms with van der Waals surface area (Å²) in [5.74, 6) is 1.89. The lowest BCUT2D eigenvalue weighted by Crippen LogP contribution is -2.34. The number of hydrogen-bond donors (Lipinski definition) is 0. The minimum Gasteiger partial charge on any atom is -0.303 e. The van der Waals surface area contributed by atoms with Crippen LogP contribution < -0.4 is 0 Å². The molecule has 1 fully saturated rings. The second-order valence-electron chi connectivity index (χ2n) is 4.83. The Bertz CT molecular complexity index is 125. The summed E-state index contributed by atoms with van der Waals surface area (Å²) in [5.41, 5.74) is 0. The molecule has 0 saturated carbocycles. The van der Waals surface area contributed by atoms with E-state index in [0.717, 1.165) is 11.8 Å². The highest BCUT2D eigenvalue weighted by molar-refractivity contribution is 4.69. The molecule has 0 N–H and O–H groups in total. The second kappa shape index (κ2) is 5.64. The quantitative estimate of drug-likeness (QED) is 0.647. The molecule has 0 bridgehead atoms. The van der Waals surface area contributed by atoms with Gasteiger partial charge in [0.25, 0.3) is 0 Å². The molecule has 1 rings (SSSR count). The SMILES string of the molecule is CCC(C)CCN1CCC(C)CC1. The van der Waals surface area contributed by atoms with Gasteiger partial charge in [-0.3, -0.25) is 0 Å². The lowest BCUT2D eigenvalue weighted by Gasteiger charge is -2.30. The van der Waals surface area contributed by atoms with Crippen LogP contribution in [0.25, 0.3) is 0 Å². The number of rotatable bonds is 4. The van der Waals surface area contributed by atoms with E-state index in [1.165, 1.54) is 45.3 Å². The fraction of sp³-hybridized carbons (Fsp3) is 1.00. The zero-order chi connectivity index (χ0) is 9.68. The smallest absolute Gasteiger partial charge is 0.00162 e. The van der Waals surface area contributed by atoms with Gasteiger partial charge in [0.1, 0.15) is 0 Å². The number of likely N-dealkylation sites (tertiary alicyclic amines) is 1. The van der Waals surface area contributed by atoms with Crippen molar-refractivity contribution in [1.82, 2.24) is 4.90 Å². The van der Waals surface area contributed by atoms with Gasteiger partial charge in [-0.25, -0.2) is 0 Å². The van der Waals surface area contributed by atoms with Crippen LogP contribution in [-0.4, -0.2) is 24.5 Å². The first-order valence-electron chi connectivity index (χ1n) is 5.94. The summed E-state index contributed by atoms with van der Waals surface area (Å²) in [6.07, 6.45) is 5.57. The molecule has 1 saturated heterocycles. The van der Waals surface area contributed by atoms with Crippen molar-refractivity contribution in [2.45, 2.75) is 46.5 Å². The molecule has 0 aromatic rings. The van der Waals surface area contributed by atoms with Crippen LogP contribution in [0.5, 0.6) is 0 Å². The largest absolute Gasteiger partial charge is 0.303 e. The molecule has 0 aliphatic carbocycles. The average Bonchev–Trinajstić information content (AvgIpc) is 2.16. The van der Waals surface area contributed by atoms with Crippen molar-refractivity contribution in [1.29, 1.82) is 0 Å². The van der Waals surface area contributed by atoms with Gasteiger partial charge in [-0.2, -0.15) is 0 Å². The van der Waals surface area contributed by atoms with Crippen LogP contribution in [0.15, 0.2) is 0 Å². The zero-order valence-electron chi connectivity index (χ0n) is 9.55. The Morgan fingerprint density at radius 2 is 1.92 bits per heavy atom. The Labute approximate surface area is 83.5 Å². The van der Waals surface area contributed by atoms with Crippen molar-refractivity contribution in [3.05, 3.63) is 0 Å². The van der Waals surface area contributed by atoms with Gasteiger partial charge in [-0.05, 0) is 50.7 Å². The Kier molecular flexibility index (Phi) is 4.79. The summed E-state index contributed by atoms with van der Waals surface area (Å²) in [6.45, 7) is 11.1. The van der Waals surface area contributed by atoms with E-state index in [2.05, 4.69) is 25.7 Å². The van der Waals surface area contributed by atoms with E-state index in [1.54, 1.807) is 0 Å². The molecule has 13 heavy (non-hydrogen) atoms. The van der Waals surface area contributed by atoms with E-state index in [9.17, 15) is 0 Å². The number of piperidine rings is 1. The summed E-state index contributed by atoms with van der Waals surface area (Å²) < 4.78 is 0.